The van der Waals surface area contributed by atoms with Gasteiger partial charge in [0, 0.05) is 11.1 Å². The first-order valence-electron chi connectivity index (χ1n) is 8.88. The van der Waals surface area contributed by atoms with Gasteiger partial charge in [0.1, 0.15) is 11.5 Å². The van der Waals surface area contributed by atoms with Crippen molar-refractivity contribution in [1.82, 2.24) is 10.6 Å². The molecule has 2 unspecified atom stereocenters. The molecule has 2 amide bonds. The Hall–Kier alpha value is -3.19. The van der Waals surface area contributed by atoms with Crippen LogP contribution in [0.15, 0.2) is 48.5 Å². The molecule has 2 atom stereocenters. The summed E-state index contributed by atoms with van der Waals surface area (Å²) >= 11 is 0. The highest BCUT2D eigenvalue weighted by atomic mass is 16.3. The van der Waals surface area contributed by atoms with E-state index in [1.807, 2.05) is 30.3 Å². The summed E-state index contributed by atoms with van der Waals surface area (Å²) in [7, 11) is 0. The molecule has 0 fully saturated rings. The van der Waals surface area contributed by atoms with Crippen molar-refractivity contribution in [3.8, 4) is 5.75 Å². The molecule has 2 aromatic rings. The van der Waals surface area contributed by atoms with Crippen molar-refractivity contribution < 1.29 is 24.6 Å². The zero-order valence-corrected chi connectivity index (χ0v) is 15.8. The van der Waals surface area contributed by atoms with Gasteiger partial charge in [0.2, 0.25) is 0 Å². The minimum Gasteiger partial charge on any atom is -0.508 e. The van der Waals surface area contributed by atoms with E-state index in [-0.39, 0.29) is 30.1 Å². The van der Waals surface area contributed by atoms with Crippen LogP contribution < -0.4 is 10.6 Å². The number of rotatable bonds is 8. The van der Waals surface area contributed by atoms with E-state index in [2.05, 4.69) is 10.6 Å². The number of hydrogen-bond acceptors (Lipinski definition) is 5. The first kappa shape index (κ1) is 21.1. The summed E-state index contributed by atoms with van der Waals surface area (Å²) < 4.78 is 0. The van der Waals surface area contributed by atoms with Gasteiger partial charge in [-0.25, -0.2) is 0 Å². The average molecular weight is 384 g/mol. The van der Waals surface area contributed by atoms with Crippen molar-refractivity contribution in [3.05, 3.63) is 65.2 Å². The van der Waals surface area contributed by atoms with Crippen LogP contribution >= 0.6 is 0 Å². The van der Waals surface area contributed by atoms with Gasteiger partial charge < -0.3 is 20.8 Å². The number of aliphatic hydroxyl groups is 1. The average Bonchev–Trinajstić information content (AvgIpc) is 2.67. The van der Waals surface area contributed by atoms with Gasteiger partial charge in [-0.15, -0.1) is 0 Å². The Morgan fingerprint density at radius 3 is 2.36 bits per heavy atom. The van der Waals surface area contributed by atoms with Crippen LogP contribution in [-0.4, -0.2) is 46.5 Å². The van der Waals surface area contributed by atoms with Gasteiger partial charge in [-0.3, -0.25) is 14.4 Å². The molecule has 0 saturated carbocycles. The van der Waals surface area contributed by atoms with Gasteiger partial charge in [-0.2, -0.15) is 0 Å². The molecule has 0 heterocycles. The minimum absolute atomic E-state index is 0.0213. The fraction of sp³-hybridized carbons (Fsp3) is 0.286. The molecule has 28 heavy (non-hydrogen) atoms. The van der Waals surface area contributed by atoms with E-state index in [0.717, 1.165) is 5.56 Å². The molecule has 2 rings (SSSR count). The van der Waals surface area contributed by atoms with Crippen LogP contribution in [0.2, 0.25) is 0 Å². The molecule has 0 aromatic heterocycles. The maximum atomic E-state index is 12.7. The van der Waals surface area contributed by atoms with Crippen molar-refractivity contribution in [2.24, 2.45) is 0 Å². The van der Waals surface area contributed by atoms with Crippen LogP contribution in [0.5, 0.6) is 5.75 Å². The zero-order chi connectivity index (χ0) is 20.7. The van der Waals surface area contributed by atoms with Gasteiger partial charge in [0.15, 0.2) is 6.10 Å². The Bertz CT molecular complexity index is 851. The highest BCUT2D eigenvalue weighted by molar-refractivity contribution is 5.97. The normalized spacial score (nSPS) is 12.7. The summed E-state index contributed by atoms with van der Waals surface area (Å²) in [5.41, 5.74) is 1.46. The predicted molar refractivity (Wildman–Crippen MR) is 104 cm³/mol. The monoisotopic (exact) mass is 384 g/mol. The Morgan fingerprint density at radius 2 is 1.71 bits per heavy atom. The number of hydrogen-bond donors (Lipinski definition) is 4. The molecule has 0 saturated heterocycles. The molecule has 4 N–H and O–H groups in total. The standard InChI is InChI=1S/C21H24N2O5/c1-13(24)12-22-21(28)19(26)17(11-15-7-4-3-5-8-15)23-20(27)16-9-6-10-18(25)14(16)2/h3-10,17,19,25-26H,11-12H2,1-2H3,(H,22,28)(H,23,27). The molecule has 0 radical (unpaired) electrons. The SMILES string of the molecule is CC(=O)CNC(=O)C(O)C(Cc1ccccc1)NC(=O)c1cccc(O)c1C. The maximum absolute atomic E-state index is 12.7. The van der Waals surface area contributed by atoms with Gasteiger partial charge in [-0.1, -0.05) is 36.4 Å². The second kappa shape index (κ2) is 9.66. The van der Waals surface area contributed by atoms with E-state index in [1.54, 1.807) is 19.1 Å². The van der Waals surface area contributed by atoms with Gasteiger partial charge in [0.05, 0.1) is 12.6 Å². The Morgan fingerprint density at radius 1 is 1.04 bits per heavy atom. The summed E-state index contributed by atoms with van der Waals surface area (Å²) in [6.07, 6.45) is -1.35. The number of aliphatic hydroxyl groups excluding tert-OH is 1. The van der Waals surface area contributed by atoms with Crippen LogP contribution in [0.1, 0.15) is 28.4 Å². The van der Waals surface area contributed by atoms with E-state index in [1.165, 1.54) is 13.0 Å². The Balaban J connectivity index is 2.22. The number of carbonyl (C=O) groups is 3. The molecule has 0 aliphatic carbocycles. The smallest absolute Gasteiger partial charge is 0.252 e. The van der Waals surface area contributed by atoms with Crippen LogP contribution in [0, 0.1) is 6.92 Å². The number of Topliss-reactive ketones (excluding diaryl/α,β-unsaturated/α-hetero) is 1. The summed E-state index contributed by atoms with van der Waals surface area (Å²) in [4.78, 5) is 36.0. The summed E-state index contributed by atoms with van der Waals surface area (Å²) in [6.45, 7) is 2.72. The molecule has 0 aliphatic heterocycles. The third-order valence-electron chi connectivity index (χ3n) is 4.33. The lowest BCUT2D eigenvalue weighted by Crippen LogP contribution is -2.52. The van der Waals surface area contributed by atoms with Crippen molar-refractivity contribution >= 4 is 17.6 Å². The van der Waals surface area contributed by atoms with E-state index < -0.39 is 24.0 Å². The van der Waals surface area contributed by atoms with Gasteiger partial charge in [0.25, 0.3) is 11.8 Å². The highest BCUT2D eigenvalue weighted by Crippen LogP contribution is 2.20. The molecule has 0 aliphatic rings. The van der Waals surface area contributed by atoms with Crippen LogP contribution in [0.4, 0.5) is 0 Å². The first-order chi connectivity index (χ1) is 13.3. The maximum Gasteiger partial charge on any atom is 0.252 e. The highest BCUT2D eigenvalue weighted by Gasteiger charge is 2.28. The first-order valence-corrected chi connectivity index (χ1v) is 8.88. The van der Waals surface area contributed by atoms with E-state index in [0.29, 0.717) is 5.56 Å². The van der Waals surface area contributed by atoms with Crippen molar-refractivity contribution in [1.29, 1.82) is 0 Å². The number of benzene rings is 2. The number of aromatic hydroxyl groups is 1. The quantitative estimate of drug-likeness (QED) is 0.544. The number of nitrogens with one attached hydrogen (secondary N) is 2. The molecule has 2 aromatic carbocycles. The van der Waals surface area contributed by atoms with Crippen LogP contribution in [-0.2, 0) is 16.0 Å². The molecular formula is C21H24N2O5. The second-order valence-corrected chi connectivity index (χ2v) is 6.58. The molecule has 0 bridgehead atoms. The van der Waals surface area contributed by atoms with Crippen LogP contribution in [0.3, 0.4) is 0 Å². The third-order valence-corrected chi connectivity index (χ3v) is 4.33. The summed E-state index contributed by atoms with van der Waals surface area (Å²) in [6, 6.07) is 12.7. The van der Waals surface area contributed by atoms with E-state index >= 15 is 0 Å². The number of ketones is 1. The molecule has 7 nitrogen and oxygen atoms in total. The predicted octanol–water partition coefficient (Wildman–Crippen LogP) is 1.11. The molecule has 0 spiro atoms. The third kappa shape index (κ3) is 5.65. The lowest BCUT2D eigenvalue weighted by molar-refractivity contribution is -0.132. The Kier molecular flexibility index (Phi) is 7.28. The number of amides is 2. The van der Waals surface area contributed by atoms with Crippen molar-refractivity contribution in [2.45, 2.75) is 32.4 Å². The van der Waals surface area contributed by atoms with Crippen LogP contribution in [0.25, 0.3) is 0 Å². The largest absolute Gasteiger partial charge is 0.508 e. The zero-order valence-electron chi connectivity index (χ0n) is 15.8. The van der Waals surface area contributed by atoms with E-state index in [9.17, 15) is 24.6 Å². The second-order valence-electron chi connectivity index (χ2n) is 6.58. The minimum atomic E-state index is -1.55. The molecule has 148 valence electrons. The van der Waals surface area contributed by atoms with Gasteiger partial charge in [-0.05, 0) is 38.0 Å². The molecule has 7 heteroatoms. The van der Waals surface area contributed by atoms with Crippen molar-refractivity contribution in [3.63, 3.8) is 0 Å². The lowest BCUT2D eigenvalue weighted by Gasteiger charge is -2.24. The fourth-order valence-electron chi connectivity index (χ4n) is 2.72. The Labute approximate surface area is 163 Å². The molecular weight excluding hydrogens is 360 g/mol. The number of phenolic OH excluding ortho intramolecular Hbond substituents is 1. The topological polar surface area (TPSA) is 116 Å². The summed E-state index contributed by atoms with van der Waals surface area (Å²) in [5.74, 6) is -1.54. The summed E-state index contributed by atoms with van der Waals surface area (Å²) in [5, 5.41) is 25.3. The van der Waals surface area contributed by atoms with E-state index in [4.69, 9.17) is 0 Å². The van der Waals surface area contributed by atoms with Gasteiger partial charge >= 0.3 is 0 Å². The van der Waals surface area contributed by atoms with Crippen molar-refractivity contribution in [2.75, 3.05) is 6.54 Å². The number of carbonyl (C=O) groups excluding carboxylic acids is 3. The fourth-order valence-corrected chi connectivity index (χ4v) is 2.72. The lowest BCUT2D eigenvalue weighted by atomic mass is 9.99. The number of phenols is 1.